The van der Waals surface area contributed by atoms with Crippen LogP contribution < -0.4 is 5.32 Å². The standard InChI is InChI=1S/C13H16N2O5/c1-7-12(18)9(5-16)8(4-14-7)6-20-13(19)10-2-3-11(17)15-10/h4,10,16,18H,2-3,5-6H2,1H3,(H,15,17). The molecule has 7 nitrogen and oxygen atoms in total. The van der Waals surface area contributed by atoms with Crippen LogP contribution in [0.2, 0.25) is 0 Å². The highest BCUT2D eigenvalue weighted by molar-refractivity contribution is 5.88. The summed E-state index contributed by atoms with van der Waals surface area (Å²) in [6.07, 6.45) is 2.18. The molecule has 3 N–H and O–H groups in total. The number of aromatic hydroxyl groups is 1. The van der Waals surface area contributed by atoms with Crippen molar-refractivity contribution >= 4 is 11.9 Å². The van der Waals surface area contributed by atoms with Crippen molar-refractivity contribution in [3.63, 3.8) is 0 Å². The molecule has 2 heterocycles. The molecule has 0 bridgehead atoms. The molecule has 20 heavy (non-hydrogen) atoms. The van der Waals surface area contributed by atoms with Crippen LogP contribution in [0, 0.1) is 6.92 Å². The summed E-state index contributed by atoms with van der Waals surface area (Å²) in [6, 6.07) is -0.618. The molecule has 0 spiro atoms. The number of amides is 1. The fourth-order valence-corrected chi connectivity index (χ4v) is 2.03. The zero-order valence-electron chi connectivity index (χ0n) is 11.0. The molecule has 1 aliphatic rings. The first-order valence-electron chi connectivity index (χ1n) is 6.26. The summed E-state index contributed by atoms with van der Waals surface area (Å²) in [4.78, 5) is 26.7. The van der Waals surface area contributed by atoms with Gasteiger partial charge in [-0.15, -0.1) is 0 Å². The summed E-state index contributed by atoms with van der Waals surface area (Å²) in [5.41, 5.74) is 1.13. The van der Waals surface area contributed by atoms with E-state index in [0.29, 0.717) is 29.7 Å². The van der Waals surface area contributed by atoms with Gasteiger partial charge in [0.25, 0.3) is 0 Å². The molecule has 1 unspecified atom stereocenters. The normalized spacial score (nSPS) is 17.9. The number of aliphatic hydroxyl groups is 1. The Morgan fingerprint density at radius 3 is 2.95 bits per heavy atom. The second-order valence-electron chi connectivity index (χ2n) is 4.62. The van der Waals surface area contributed by atoms with Gasteiger partial charge in [-0.2, -0.15) is 0 Å². The average Bonchev–Trinajstić information content (AvgIpc) is 2.86. The van der Waals surface area contributed by atoms with Gasteiger partial charge in [0.2, 0.25) is 5.91 Å². The van der Waals surface area contributed by atoms with Crippen LogP contribution in [0.5, 0.6) is 5.75 Å². The van der Waals surface area contributed by atoms with Crippen molar-refractivity contribution in [2.75, 3.05) is 0 Å². The number of carbonyl (C=O) groups is 2. The molecule has 108 valence electrons. The molecule has 1 aromatic heterocycles. The lowest BCUT2D eigenvalue weighted by atomic mass is 10.1. The number of hydrogen-bond donors (Lipinski definition) is 3. The number of nitrogens with one attached hydrogen (secondary N) is 1. The molecule has 0 aromatic carbocycles. The zero-order valence-corrected chi connectivity index (χ0v) is 11.0. The lowest BCUT2D eigenvalue weighted by molar-refractivity contribution is -0.147. The number of rotatable bonds is 4. The van der Waals surface area contributed by atoms with Gasteiger partial charge < -0.3 is 20.3 Å². The van der Waals surface area contributed by atoms with Gasteiger partial charge >= 0.3 is 5.97 Å². The van der Waals surface area contributed by atoms with Gasteiger partial charge in [-0.05, 0) is 13.3 Å². The van der Waals surface area contributed by atoms with Crippen molar-refractivity contribution in [1.82, 2.24) is 10.3 Å². The number of esters is 1. The van der Waals surface area contributed by atoms with Crippen molar-refractivity contribution in [3.05, 3.63) is 23.0 Å². The Hall–Kier alpha value is -2.15. The summed E-state index contributed by atoms with van der Waals surface area (Å²) >= 11 is 0. The topological polar surface area (TPSA) is 109 Å². The Morgan fingerprint density at radius 2 is 2.35 bits per heavy atom. The maximum atomic E-state index is 11.7. The van der Waals surface area contributed by atoms with Crippen molar-refractivity contribution in [2.45, 2.75) is 39.0 Å². The van der Waals surface area contributed by atoms with E-state index in [1.165, 1.54) is 6.20 Å². The first-order chi connectivity index (χ1) is 9.52. The van der Waals surface area contributed by atoms with Crippen LogP contribution in [-0.4, -0.2) is 33.1 Å². The molecule has 0 saturated carbocycles. The van der Waals surface area contributed by atoms with Crippen molar-refractivity contribution in [2.24, 2.45) is 0 Å². The second-order valence-corrected chi connectivity index (χ2v) is 4.62. The van der Waals surface area contributed by atoms with Gasteiger partial charge in [-0.3, -0.25) is 9.78 Å². The fraction of sp³-hybridized carbons (Fsp3) is 0.462. The van der Waals surface area contributed by atoms with Gasteiger partial charge in [0.1, 0.15) is 18.4 Å². The van der Waals surface area contributed by atoms with E-state index in [1.54, 1.807) is 6.92 Å². The summed E-state index contributed by atoms with van der Waals surface area (Å²) in [5.74, 6) is -0.798. The van der Waals surface area contributed by atoms with E-state index < -0.39 is 12.0 Å². The summed E-state index contributed by atoms with van der Waals surface area (Å²) in [6.45, 7) is 1.13. The number of nitrogens with zero attached hydrogens (tertiary/aromatic N) is 1. The number of hydrogen-bond acceptors (Lipinski definition) is 6. The third-order valence-electron chi connectivity index (χ3n) is 3.24. The van der Waals surface area contributed by atoms with E-state index in [4.69, 9.17) is 4.74 Å². The highest BCUT2D eigenvalue weighted by Gasteiger charge is 2.28. The Balaban J connectivity index is 2.02. The molecule has 0 aliphatic carbocycles. The van der Waals surface area contributed by atoms with Crippen LogP contribution in [-0.2, 0) is 27.5 Å². The molecule has 2 rings (SSSR count). The smallest absolute Gasteiger partial charge is 0.328 e. The van der Waals surface area contributed by atoms with E-state index >= 15 is 0 Å². The Labute approximate surface area is 115 Å². The van der Waals surface area contributed by atoms with E-state index in [1.807, 2.05) is 0 Å². The fourth-order valence-electron chi connectivity index (χ4n) is 2.03. The number of aliphatic hydroxyl groups excluding tert-OH is 1. The summed E-state index contributed by atoms with van der Waals surface area (Å²) < 4.78 is 5.08. The van der Waals surface area contributed by atoms with Crippen LogP contribution in [0.25, 0.3) is 0 Å². The minimum Gasteiger partial charge on any atom is -0.506 e. The van der Waals surface area contributed by atoms with Gasteiger partial charge in [0.05, 0.1) is 12.3 Å². The largest absolute Gasteiger partial charge is 0.506 e. The molecular weight excluding hydrogens is 264 g/mol. The van der Waals surface area contributed by atoms with Gasteiger partial charge in [0.15, 0.2) is 0 Å². The van der Waals surface area contributed by atoms with Crippen LogP contribution in [0.3, 0.4) is 0 Å². The van der Waals surface area contributed by atoms with E-state index in [0.717, 1.165) is 0 Å². The van der Waals surface area contributed by atoms with Crippen molar-refractivity contribution in [1.29, 1.82) is 0 Å². The van der Waals surface area contributed by atoms with E-state index in [9.17, 15) is 19.8 Å². The summed E-state index contributed by atoms with van der Waals surface area (Å²) in [5, 5.41) is 21.5. The Morgan fingerprint density at radius 1 is 1.60 bits per heavy atom. The zero-order chi connectivity index (χ0) is 14.7. The Bertz CT molecular complexity index is 544. The minimum atomic E-state index is -0.618. The van der Waals surface area contributed by atoms with E-state index in [-0.39, 0.29) is 24.9 Å². The SMILES string of the molecule is Cc1ncc(COC(=O)C2CCC(=O)N2)c(CO)c1O. The molecule has 1 aliphatic heterocycles. The van der Waals surface area contributed by atoms with Crippen molar-refractivity contribution in [3.8, 4) is 5.75 Å². The van der Waals surface area contributed by atoms with Crippen LogP contribution >= 0.6 is 0 Å². The molecule has 0 radical (unpaired) electrons. The van der Waals surface area contributed by atoms with Gasteiger partial charge in [-0.25, -0.2) is 4.79 Å². The predicted octanol–water partition coefficient (Wildman–Crippen LogP) is -0.0903. The Kier molecular flexibility index (Phi) is 4.19. The van der Waals surface area contributed by atoms with Gasteiger partial charge in [0, 0.05) is 23.7 Å². The highest BCUT2D eigenvalue weighted by Crippen LogP contribution is 2.24. The second kappa shape index (κ2) is 5.87. The number of aromatic nitrogens is 1. The quantitative estimate of drug-likeness (QED) is 0.665. The molecule has 1 saturated heterocycles. The number of carbonyl (C=O) groups excluding carboxylic acids is 2. The monoisotopic (exact) mass is 280 g/mol. The number of aryl methyl sites for hydroxylation is 1. The summed E-state index contributed by atoms with van der Waals surface area (Å²) in [7, 11) is 0. The number of pyridine rings is 1. The molecule has 1 fully saturated rings. The molecule has 1 aromatic rings. The predicted molar refractivity (Wildman–Crippen MR) is 67.5 cm³/mol. The third-order valence-corrected chi connectivity index (χ3v) is 3.24. The lowest BCUT2D eigenvalue weighted by Crippen LogP contribution is -2.34. The number of ether oxygens (including phenoxy) is 1. The highest BCUT2D eigenvalue weighted by atomic mass is 16.5. The minimum absolute atomic E-state index is 0.102. The molecule has 7 heteroatoms. The van der Waals surface area contributed by atoms with Crippen LogP contribution in [0.4, 0.5) is 0 Å². The lowest BCUT2D eigenvalue weighted by Gasteiger charge is -2.13. The first kappa shape index (κ1) is 14.3. The first-order valence-corrected chi connectivity index (χ1v) is 6.26. The molecule has 1 amide bonds. The maximum absolute atomic E-state index is 11.7. The van der Waals surface area contributed by atoms with Crippen LogP contribution in [0.15, 0.2) is 6.20 Å². The molecule has 1 atom stereocenters. The maximum Gasteiger partial charge on any atom is 0.328 e. The third kappa shape index (κ3) is 2.88. The van der Waals surface area contributed by atoms with Crippen LogP contribution in [0.1, 0.15) is 29.7 Å². The van der Waals surface area contributed by atoms with Gasteiger partial charge in [-0.1, -0.05) is 0 Å². The molecular formula is C13H16N2O5. The van der Waals surface area contributed by atoms with E-state index in [2.05, 4.69) is 10.3 Å². The van der Waals surface area contributed by atoms with Crippen molar-refractivity contribution < 1.29 is 24.5 Å². The average molecular weight is 280 g/mol.